The van der Waals surface area contributed by atoms with Gasteiger partial charge in [-0.15, -0.1) is 0 Å². The maximum atomic E-state index is 11.2. The molecule has 88 valence electrons. The normalized spacial score (nSPS) is 12.1. The van der Waals surface area contributed by atoms with Gasteiger partial charge in [-0.05, 0) is 6.92 Å². The van der Waals surface area contributed by atoms with Gasteiger partial charge in [-0.3, -0.25) is 14.6 Å². The summed E-state index contributed by atoms with van der Waals surface area (Å²) in [6.45, 7) is 1.90. The van der Waals surface area contributed by atoms with Crippen LogP contribution in [0, 0.1) is 0 Å². The van der Waals surface area contributed by atoms with Crippen molar-refractivity contribution in [2.45, 2.75) is 19.4 Å². The van der Waals surface area contributed by atoms with Crippen molar-refractivity contribution in [3.63, 3.8) is 0 Å². The van der Waals surface area contributed by atoms with Crippen molar-refractivity contribution in [1.82, 2.24) is 9.97 Å². The quantitative estimate of drug-likeness (QED) is 0.541. The van der Waals surface area contributed by atoms with Crippen LogP contribution in [0.3, 0.4) is 0 Å². The highest BCUT2D eigenvalue weighted by Gasteiger charge is 2.15. The molecule has 1 unspecified atom stereocenters. The Morgan fingerprint density at radius 3 is 2.75 bits per heavy atom. The Balaban J connectivity index is 2.76. The van der Waals surface area contributed by atoms with E-state index in [1.807, 2.05) is 4.98 Å². The van der Waals surface area contributed by atoms with Crippen LogP contribution in [0.25, 0.3) is 0 Å². The lowest BCUT2D eigenvalue weighted by Crippen LogP contribution is -2.36. The summed E-state index contributed by atoms with van der Waals surface area (Å²) in [5, 5.41) is 0. The van der Waals surface area contributed by atoms with Gasteiger partial charge >= 0.3 is 11.7 Å². The second-order valence-corrected chi connectivity index (χ2v) is 3.18. The smallest absolute Gasteiger partial charge is 0.325 e. The fraction of sp³-hybridized carbons (Fsp3) is 0.444. The van der Waals surface area contributed by atoms with Crippen LogP contribution in [0.4, 0.5) is 0 Å². The topological polar surface area (TPSA) is 118 Å². The van der Waals surface area contributed by atoms with E-state index < -0.39 is 23.3 Å². The number of nitrogens with one attached hydrogen (secondary N) is 2. The van der Waals surface area contributed by atoms with E-state index in [1.165, 1.54) is 6.07 Å². The molecule has 7 nitrogen and oxygen atoms in total. The Kier molecular flexibility index (Phi) is 4.01. The molecule has 1 heterocycles. The Labute approximate surface area is 90.6 Å². The third-order valence-corrected chi connectivity index (χ3v) is 1.85. The molecule has 0 aromatic carbocycles. The number of esters is 1. The summed E-state index contributed by atoms with van der Waals surface area (Å²) in [5.41, 5.74) is 4.67. The van der Waals surface area contributed by atoms with E-state index in [-0.39, 0.29) is 13.0 Å². The Hall–Kier alpha value is -1.89. The molecular formula is C9H13N3O4. The number of aromatic nitrogens is 2. The van der Waals surface area contributed by atoms with Gasteiger partial charge in [-0.2, -0.15) is 0 Å². The zero-order valence-corrected chi connectivity index (χ0v) is 8.78. The molecule has 1 atom stereocenters. The van der Waals surface area contributed by atoms with Crippen LogP contribution in [0.1, 0.15) is 12.6 Å². The Bertz CT molecular complexity index is 448. The fourth-order valence-electron chi connectivity index (χ4n) is 1.20. The van der Waals surface area contributed by atoms with Gasteiger partial charge < -0.3 is 15.5 Å². The Morgan fingerprint density at radius 1 is 1.50 bits per heavy atom. The first-order chi connectivity index (χ1) is 7.52. The number of ether oxygens (including phenoxy) is 1. The van der Waals surface area contributed by atoms with Crippen LogP contribution in [-0.4, -0.2) is 28.6 Å². The van der Waals surface area contributed by atoms with Crippen LogP contribution in [0.5, 0.6) is 0 Å². The summed E-state index contributed by atoms with van der Waals surface area (Å²) in [6.07, 6.45) is 0.0536. The molecule has 0 amide bonds. The van der Waals surface area contributed by atoms with Gasteiger partial charge in [-0.25, -0.2) is 4.79 Å². The predicted octanol–water partition coefficient (Wildman–Crippen LogP) is -1.50. The lowest BCUT2D eigenvalue weighted by atomic mass is 10.1. The van der Waals surface area contributed by atoms with E-state index in [0.717, 1.165) is 0 Å². The largest absolute Gasteiger partial charge is 0.465 e. The maximum absolute atomic E-state index is 11.2. The summed E-state index contributed by atoms with van der Waals surface area (Å²) < 4.78 is 4.69. The minimum absolute atomic E-state index is 0.0536. The van der Waals surface area contributed by atoms with Crippen molar-refractivity contribution in [3.8, 4) is 0 Å². The zero-order valence-electron chi connectivity index (χ0n) is 8.78. The second kappa shape index (κ2) is 5.26. The average molecular weight is 227 g/mol. The van der Waals surface area contributed by atoms with Crippen molar-refractivity contribution in [2.75, 3.05) is 6.61 Å². The monoisotopic (exact) mass is 227 g/mol. The Morgan fingerprint density at radius 2 is 2.19 bits per heavy atom. The molecule has 4 N–H and O–H groups in total. The SMILES string of the molecule is CCOC(=O)C(N)Cc1cc(=O)[nH]c(=O)[nH]1. The van der Waals surface area contributed by atoms with E-state index in [1.54, 1.807) is 6.92 Å². The van der Waals surface area contributed by atoms with Crippen molar-refractivity contribution in [2.24, 2.45) is 5.73 Å². The fourth-order valence-corrected chi connectivity index (χ4v) is 1.20. The van der Waals surface area contributed by atoms with Gasteiger partial charge in [0.1, 0.15) is 6.04 Å². The lowest BCUT2D eigenvalue weighted by Gasteiger charge is -2.09. The minimum Gasteiger partial charge on any atom is -0.465 e. The number of hydrogen-bond acceptors (Lipinski definition) is 5. The summed E-state index contributed by atoms with van der Waals surface area (Å²) >= 11 is 0. The van der Waals surface area contributed by atoms with Crippen LogP contribution in [-0.2, 0) is 16.0 Å². The van der Waals surface area contributed by atoms with Gasteiger partial charge in [-0.1, -0.05) is 0 Å². The zero-order chi connectivity index (χ0) is 12.1. The highest BCUT2D eigenvalue weighted by Crippen LogP contribution is 1.95. The van der Waals surface area contributed by atoms with E-state index in [4.69, 9.17) is 10.5 Å². The highest BCUT2D eigenvalue weighted by molar-refractivity contribution is 5.75. The van der Waals surface area contributed by atoms with Crippen LogP contribution >= 0.6 is 0 Å². The molecule has 1 rings (SSSR count). The minimum atomic E-state index is -0.891. The van der Waals surface area contributed by atoms with Crippen molar-refractivity contribution in [1.29, 1.82) is 0 Å². The molecule has 0 fully saturated rings. The van der Waals surface area contributed by atoms with E-state index in [9.17, 15) is 14.4 Å². The lowest BCUT2D eigenvalue weighted by molar-refractivity contribution is -0.144. The van der Waals surface area contributed by atoms with E-state index in [0.29, 0.717) is 5.69 Å². The third-order valence-electron chi connectivity index (χ3n) is 1.85. The molecule has 0 aliphatic carbocycles. The first kappa shape index (κ1) is 12.2. The highest BCUT2D eigenvalue weighted by atomic mass is 16.5. The first-order valence-corrected chi connectivity index (χ1v) is 4.77. The van der Waals surface area contributed by atoms with Gasteiger partial charge in [0.25, 0.3) is 5.56 Å². The summed E-state index contributed by atoms with van der Waals surface area (Å²) in [4.78, 5) is 37.5. The molecule has 0 aliphatic heterocycles. The summed E-state index contributed by atoms with van der Waals surface area (Å²) in [7, 11) is 0. The summed E-state index contributed by atoms with van der Waals surface area (Å²) in [5.74, 6) is -0.566. The summed E-state index contributed by atoms with van der Waals surface area (Å²) in [6, 6.07) is 0.290. The van der Waals surface area contributed by atoms with Crippen molar-refractivity contribution in [3.05, 3.63) is 32.6 Å². The molecule has 0 spiro atoms. The molecule has 0 aliphatic rings. The van der Waals surface area contributed by atoms with E-state index in [2.05, 4.69) is 4.98 Å². The number of carbonyl (C=O) groups is 1. The van der Waals surface area contributed by atoms with Gasteiger partial charge in [0, 0.05) is 18.2 Å². The standard InChI is InChI=1S/C9H13N3O4/c1-2-16-8(14)6(10)3-5-4-7(13)12-9(15)11-5/h4,6H,2-3,10H2,1H3,(H2,11,12,13,15). The number of hydrogen-bond donors (Lipinski definition) is 3. The third kappa shape index (κ3) is 3.35. The van der Waals surface area contributed by atoms with Crippen LogP contribution in [0.2, 0.25) is 0 Å². The molecule has 1 aromatic rings. The number of nitrogens with two attached hydrogens (primary N) is 1. The molecule has 0 bridgehead atoms. The predicted molar refractivity (Wildman–Crippen MR) is 56.0 cm³/mol. The number of rotatable bonds is 4. The van der Waals surface area contributed by atoms with Crippen molar-refractivity contribution < 1.29 is 9.53 Å². The van der Waals surface area contributed by atoms with Crippen LogP contribution in [0.15, 0.2) is 15.7 Å². The van der Waals surface area contributed by atoms with Gasteiger partial charge in [0.15, 0.2) is 0 Å². The molecule has 0 radical (unpaired) electrons. The van der Waals surface area contributed by atoms with Gasteiger partial charge in [0.2, 0.25) is 0 Å². The molecule has 7 heteroatoms. The van der Waals surface area contributed by atoms with Gasteiger partial charge in [0.05, 0.1) is 6.61 Å². The maximum Gasteiger partial charge on any atom is 0.325 e. The average Bonchev–Trinajstić information content (AvgIpc) is 2.16. The molecule has 0 saturated heterocycles. The van der Waals surface area contributed by atoms with Crippen molar-refractivity contribution >= 4 is 5.97 Å². The number of aromatic amines is 2. The van der Waals surface area contributed by atoms with Crippen LogP contribution < -0.4 is 17.0 Å². The number of H-pyrrole nitrogens is 2. The van der Waals surface area contributed by atoms with E-state index >= 15 is 0 Å². The number of carbonyl (C=O) groups excluding carboxylic acids is 1. The molecule has 1 aromatic heterocycles. The molecule has 0 saturated carbocycles. The second-order valence-electron chi connectivity index (χ2n) is 3.18. The molecule has 16 heavy (non-hydrogen) atoms. The first-order valence-electron chi connectivity index (χ1n) is 4.77. The molecular weight excluding hydrogens is 214 g/mol.